The quantitative estimate of drug-likeness (QED) is 0.171. The number of rotatable bonds is 6. The van der Waals surface area contributed by atoms with Crippen molar-refractivity contribution >= 4 is 16.8 Å². The van der Waals surface area contributed by atoms with Crippen LogP contribution in [0.2, 0.25) is 0 Å². The maximum absolute atomic E-state index is 7.75. The smallest absolute Gasteiger partial charge is 0.178 e. The van der Waals surface area contributed by atoms with Gasteiger partial charge in [0, 0.05) is 27.5 Å². The molecule has 55 heavy (non-hydrogen) atoms. The van der Waals surface area contributed by atoms with Gasteiger partial charge in [-0.1, -0.05) is 107 Å². The molecule has 0 unspecified atom stereocenters. The highest BCUT2D eigenvalue weighted by atomic mass is 16.5. The predicted octanol–water partition coefficient (Wildman–Crippen LogP) is 12.0. The van der Waals surface area contributed by atoms with Crippen molar-refractivity contribution in [2.75, 3.05) is 28.4 Å². The summed E-state index contributed by atoms with van der Waals surface area (Å²) in [6.07, 6.45) is 6.56. The molecule has 1 fully saturated rings. The summed E-state index contributed by atoms with van der Waals surface area (Å²) in [6.45, 7) is 9.81. The topological polar surface area (TPSA) is 46.2 Å². The lowest BCUT2D eigenvalue weighted by atomic mass is 9.66. The van der Waals surface area contributed by atoms with Crippen LogP contribution in [0.3, 0.4) is 0 Å². The Hall–Kier alpha value is -5.68. The van der Waals surface area contributed by atoms with Crippen LogP contribution in [-0.4, -0.2) is 28.4 Å². The zero-order valence-corrected chi connectivity index (χ0v) is 33.0. The molecule has 0 N–H and O–H groups in total. The number of ether oxygens (including phenoxy) is 5. The van der Waals surface area contributed by atoms with Crippen LogP contribution in [0.25, 0.3) is 39.1 Å². The van der Waals surface area contributed by atoms with Gasteiger partial charge in [-0.15, -0.1) is 0 Å². The highest BCUT2D eigenvalue weighted by molar-refractivity contribution is 6.10. The first-order valence-corrected chi connectivity index (χ1v) is 19.1. The van der Waals surface area contributed by atoms with Crippen molar-refractivity contribution in [2.24, 2.45) is 10.8 Å². The molecule has 1 heterocycles. The lowest BCUT2D eigenvalue weighted by Crippen LogP contribution is -2.36. The van der Waals surface area contributed by atoms with E-state index in [0.29, 0.717) is 11.5 Å². The van der Waals surface area contributed by atoms with Gasteiger partial charge in [0.05, 0.1) is 28.4 Å². The normalized spacial score (nSPS) is 17.6. The molecule has 0 amide bonds. The summed E-state index contributed by atoms with van der Waals surface area (Å²) in [5, 5.41) is 2.04. The van der Waals surface area contributed by atoms with Gasteiger partial charge in [-0.25, -0.2) is 0 Å². The molecule has 5 nitrogen and oxygen atoms in total. The average Bonchev–Trinajstić information content (AvgIpc) is 3.36. The minimum Gasteiger partial charge on any atom is -0.497 e. The van der Waals surface area contributed by atoms with Gasteiger partial charge in [0.15, 0.2) is 17.1 Å². The SMILES string of the molecule is COc1ccc(C2(c3ccc(OC)cc3)C=Cc3c4c(c5cc(OC)c(OC)cc5c3O2)-c2ccccc2-c2ccccc2C42CC(C)(C)C(C)(C)C2)cc1. The van der Waals surface area contributed by atoms with Crippen LogP contribution in [-0.2, 0) is 11.0 Å². The maximum atomic E-state index is 7.75. The van der Waals surface area contributed by atoms with Crippen molar-refractivity contribution in [3.05, 3.63) is 143 Å². The second kappa shape index (κ2) is 12.4. The molecule has 0 bridgehead atoms. The molecule has 6 aromatic rings. The Morgan fingerprint density at radius 1 is 0.545 bits per heavy atom. The Balaban J connectivity index is 1.46. The van der Waals surface area contributed by atoms with Crippen molar-refractivity contribution in [3.8, 4) is 51.0 Å². The van der Waals surface area contributed by atoms with Gasteiger partial charge in [-0.2, -0.15) is 0 Å². The molecule has 1 aliphatic heterocycles. The first kappa shape index (κ1) is 35.0. The van der Waals surface area contributed by atoms with Crippen LogP contribution in [0.1, 0.15) is 68.4 Å². The van der Waals surface area contributed by atoms with Crippen LogP contribution in [0, 0.1) is 10.8 Å². The van der Waals surface area contributed by atoms with Crippen LogP contribution in [0.15, 0.2) is 115 Å². The van der Waals surface area contributed by atoms with E-state index >= 15 is 0 Å². The van der Waals surface area contributed by atoms with Crippen LogP contribution < -0.4 is 23.7 Å². The Morgan fingerprint density at radius 3 is 1.60 bits per heavy atom. The van der Waals surface area contributed by atoms with E-state index in [9.17, 15) is 0 Å². The molecule has 0 saturated heterocycles. The summed E-state index contributed by atoms with van der Waals surface area (Å²) < 4.78 is 31.0. The highest BCUT2D eigenvalue weighted by Gasteiger charge is 2.58. The Bertz CT molecular complexity index is 2440. The van der Waals surface area contributed by atoms with Gasteiger partial charge < -0.3 is 23.7 Å². The minimum atomic E-state index is -0.970. The van der Waals surface area contributed by atoms with Gasteiger partial charge in [-0.3, -0.25) is 0 Å². The van der Waals surface area contributed by atoms with E-state index in [4.69, 9.17) is 23.7 Å². The minimum absolute atomic E-state index is 0.0303. The van der Waals surface area contributed by atoms with E-state index in [0.717, 1.165) is 57.6 Å². The summed E-state index contributed by atoms with van der Waals surface area (Å²) in [7, 11) is 6.80. The molecule has 3 aliphatic rings. The average molecular weight is 729 g/mol. The summed E-state index contributed by atoms with van der Waals surface area (Å²) >= 11 is 0. The standard InChI is InChI=1S/C50H48O5/c1-47(2)29-49(30-48(47,3)4)41-16-12-11-14-36(41)35-13-9-10-15-37(35)44-39-27-42(53-7)43(54-8)28-40(39)46-38(45(44)49)25-26-50(55-46,31-17-21-33(51-5)22-18-31)32-19-23-34(52-6)24-20-32/h9-28H,29-30H2,1-8H3. The zero-order valence-electron chi connectivity index (χ0n) is 33.0. The van der Waals surface area contributed by atoms with Crippen molar-refractivity contribution in [1.82, 2.24) is 0 Å². The Morgan fingerprint density at radius 2 is 1.05 bits per heavy atom. The van der Waals surface area contributed by atoms with Gasteiger partial charge in [0.25, 0.3) is 0 Å². The predicted molar refractivity (Wildman–Crippen MR) is 222 cm³/mol. The summed E-state index contributed by atoms with van der Waals surface area (Å²) in [6, 6.07) is 38.7. The molecule has 1 saturated carbocycles. The number of hydrogen-bond donors (Lipinski definition) is 0. The van der Waals surface area contributed by atoms with E-state index in [-0.39, 0.29) is 16.2 Å². The number of methoxy groups -OCH3 is 4. The van der Waals surface area contributed by atoms with E-state index in [2.05, 4.69) is 125 Å². The van der Waals surface area contributed by atoms with E-state index in [1.807, 2.05) is 24.3 Å². The van der Waals surface area contributed by atoms with E-state index < -0.39 is 5.60 Å². The second-order valence-electron chi connectivity index (χ2n) is 16.7. The van der Waals surface area contributed by atoms with Crippen LogP contribution in [0.4, 0.5) is 0 Å². The van der Waals surface area contributed by atoms with Gasteiger partial charge in [0.1, 0.15) is 17.2 Å². The molecule has 0 aromatic heterocycles. The van der Waals surface area contributed by atoms with Crippen molar-refractivity contribution < 1.29 is 23.7 Å². The number of fused-ring (bicyclic) bond motifs is 12. The Kier molecular flexibility index (Phi) is 7.92. The van der Waals surface area contributed by atoms with Gasteiger partial charge >= 0.3 is 0 Å². The maximum Gasteiger partial charge on any atom is 0.178 e. The molecule has 6 aromatic carbocycles. The third kappa shape index (κ3) is 4.98. The first-order chi connectivity index (χ1) is 26.5. The molecule has 9 rings (SSSR count). The number of benzene rings is 6. The highest BCUT2D eigenvalue weighted by Crippen LogP contribution is 2.69. The molecule has 1 spiro atoms. The zero-order chi connectivity index (χ0) is 38.3. The van der Waals surface area contributed by atoms with Crippen molar-refractivity contribution in [1.29, 1.82) is 0 Å². The third-order valence-electron chi connectivity index (χ3n) is 13.3. The molecule has 0 radical (unpaired) electrons. The third-order valence-corrected chi connectivity index (χ3v) is 13.3. The summed E-state index contributed by atoms with van der Waals surface area (Å²) in [4.78, 5) is 0. The lowest BCUT2D eigenvalue weighted by molar-refractivity contribution is 0.157. The Labute approximate surface area is 324 Å². The fourth-order valence-corrected chi connectivity index (χ4v) is 10.0. The molecular weight excluding hydrogens is 681 g/mol. The van der Waals surface area contributed by atoms with E-state index in [1.165, 1.54) is 33.4 Å². The van der Waals surface area contributed by atoms with Crippen LogP contribution in [0.5, 0.6) is 28.7 Å². The van der Waals surface area contributed by atoms with Crippen LogP contribution >= 0.6 is 0 Å². The second-order valence-corrected chi connectivity index (χ2v) is 16.7. The van der Waals surface area contributed by atoms with Gasteiger partial charge in [-0.05, 0) is 105 Å². The largest absolute Gasteiger partial charge is 0.497 e. The summed E-state index contributed by atoms with van der Waals surface area (Å²) in [5.41, 5.74) is 9.47. The molecule has 2 aliphatic carbocycles. The van der Waals surface area contributed by atoms with Crippen molar-refractivity contribution in [3.63, 3.8) is 0 Å². The monoisotopic (exact) mass is 728 g/mol. The first-order valence-electron chi connectivity index (χ1n) is 19.1. The fourth-order valence-electron chi connectivity index (χ4n) is 10.0. The van der Waals surface area contributed by atoms with Gasteiger partial charge in [0.2, 0.25) is 0 Å². The molecule has 0 atom stereocenters. The lowest BCUT2D eigenvalue weighted by Gasteiger charge is -2.41. The molecule has 278 valence electrons. The molecule has 5 heteroatoms. The van der Waals surface area contributed by atoms with E-state index in [1.54, 1.807) is 28.4 Å². The summed E-state index contributed by atoms with van der Waals surface area (Å²) in [5.74, 6) is 3.72. The molecular formula is C50H48O5. The fraction of sp³-hybridized carbons (Fsp3) is 0.280. The van der Waals surface area contributed by atoms with Crippen molar-refractivity contribution in [2.45, 2.75) is 51.6 Å². The number of hydrogen-bond acceptors (Lipinski definition) is 5.